The minimum Gasteiger partial charge on any atom is -0.481 e. The molecule has 0 unspecified atom stereocenters. The Balaban J connectivity index is 2.42. The van der Waals surface area contributed by atoms with Crippen LogP contribution in [-0.4, -0.2) is 33.7 Å². The van der Waals surface area contributed by atoms with E-state index in [4.69, 9.17) is 28.3 Å². The van der Waals surface area contributed by atoms with Gasteiger partial charge in [0.25, 0.3) is 0 Å². The molecule has 0 saturated carbocycles. The molecule has 1 N–H and O–H groups in total. The summed E-state index contributed by atoms with van der Waals surface area (Å²) in [6.45, 7) is 3.04. The van der Waals surface area contributed by atoms with Crippen molar-refractivity contribution in [2.24, 2.45) is 7.05 Å². The second-order valence-corrected chi connectivity index (χ2v) is 5.26. The van der Waals surface area contributed by atoms with Gasteiger partial charge in [0.15, 0.2) is 0 Å². The minimum atomic E-state index is -0.826. The van der Waals surface area contributed by atoms with Crippen LogP contribution in [0.1, 0.15) is 13.3 Å². The van der Waals surface area contributed by atoms with Crippen molar-refractivity contribution in [2.75, 3.05) is 18.0 Å². The normalized spacial score (nSPS) is 11.0. The van der Waals surface area contributed by atoms with Gasteiger partial charge in [-0.25, -0.2) is 4.98 Å². The molecule has 1 aromatic heterocycles. The number of hydrogen-bond donors (Lipinski definition) is 1. The number of imidazole rings is 1. The molecule has 0 bridgehead atoms. The first-order chi connectivity index (χ1) is 9.43. The molecule has 0 saturated heterocycles. The van der Waals surface area contributed by atoms with Gasteiger partial charge in [-0.05, 0) is 19.1 Å². The first-order valence-electron chi connectivity index (χ1n) is 6.22. The molecule has 2 aromatic rings. The number of hydrogen-bond acceptors (Lipinski definition) is 3. The topological polar surface area (TPSA) is 58.4 Å². The largest absolute Gasteiger partial charge is 0.481 e. The average molecular weight is 316 g/mol. The molecule has 7 heteroatoms. The van der Waals surface area contributed by atoms with E-state index in [1.54, 1.807) is 12.1 Å². The number of aromatic nitrogens is 2. The van der Waals surface area contributed by atoms with Gasteiger partial charge in [0.1, 0.15) is 0 Å². The highest BCUT2D eigenvalue weighted by molar-refractivity contribution is 6.42. The third-order valence-corrected chi connectivity index (χ3v) is 3.88. The molecule has 0 aliphatic heterocycles. The zero-order valence-corrected chi connectivity index (χ0v) is 12.7. The van der Waals surface area contributed by atoms with Crippen LogP contribution in [0.25, 0.3) is 11.0 Å². The average Bonchev–Trinajstić information content (AvgIpc) is 2.69. The van der Waals surface area contributed by atoms with Gasteiger partial charge in [0.2, 0.25) is 5.95 Å². The van der Waals surface area contributed by atoms with Crippen molar-refractivity contribution in [1.82, 2.24) is 9.55 Å². The van der Waals surface area contributed by atoms with E-state index in [1.165, 1.54) is 0 Å². The maximum absolute atomic E-state index is 10.7. The molecule has 1 heterocycles. The number of nitrogens with zero attached hydrogens (tertiary/aromatic N) is 3. The van der Waals surface area contributed by atoms with E-state index < -0.39 is 5.97 Å². The van der Waals surface area contributed by atoms with Gasteiger partial charge in [-0.3, -0.25) is 4.79 Å². The van der Waals surface area contributed by atoms with Crippen LogP contribution in [-0.2, 0) is 11.8 Å². The molecule has 0 aliphatic carbocycles. The summed E-state index contributed by atoms with van der Waals surface area (Å²) in [5, 5.41) is 9.73. The van der Waals surface area contributed by atoms with Crippen molar-refractivity contribution in [1.29, 1.82) is 0 Å². The summed E-state index contributed by atoms with van der Waals surface area (Å²) >= 11 is 12.0. The summed E-state index contributed by atoms with van der Waals surface area (Å²) in [5.41, 5.74) is 1.61. The summed E-state index contributed by atoms with van der Waals surface area (Å²) in [5.74, 6) is -0.115. The Morgan fingerprint density at radius 3 is 2.65 bits per heavy atom. The maximum atomic E-state index is 10.7. The maximum Gasteiger partial charge on any atom is 0.305 e. The summed E-state index contributed by atoms with van der Waals surface area (Å²) in [6, 6.07) is 3.48. The number of anilines is 1. The Morgan fingerprint density at radius 2 is 2.05 bits per heavy atom. The van der Waals surface area contributed by atoms with E-state index in [0.29, 0.717) is 29.1 Å². The number of aliphatic carboxylic acids is 1. The van der Waals surface area contributed by atoms with Crippen molar-refractivity contribution < 1.29 is 9.90 Å². The molecule has 0 amide bonds. The molecule has 2 rings (SSSR count). The molecular weight excluding hydrogens is 301 g/mol. The number of fused-ring (bicyclic) bond motifs is 1. The quantitative estimate of drug-likeness (QED) is 0.920. The molecule has 1 aromatic carbocycles. The Labute approximate surface area is 126 Å². The second-order valence-electron chi connectivity index (χ2n) is 4.45. The molecule has 108 valence electrons. The monoisotopic (exact) mass is 315 g/mol. The molecule has 0 spiro atoms. The number of benzene rings is 1. The van der Waals surface area contributed by atoms with E-state index in [1.807, 2.05) is 23.4 Å². The van der Waals surface area contributed by atoms with Crippen LogP contribution in [0.4, 0.5) is 5.95 Å². The van der Waals surface area contributed by atoms with E-state index in [2.05, 4.69) is 4.98 Å². The first kappa shape index (κ1) is 14.9. The van der Waals surface area contributed by atoms with Gasteiger partial charge in [0.05, 0.1) is 27.5 Å². The second kappa shape index (κ2) is 5.89. The van der Waals surface area contributed by atoms with Crippen molar-refractivity contribution in [2.45, 2.75) is 13.3 Å². The Morgan fingerprint density at radius 1 is 1.40 bits per heavy atom. The summed E-state index contributed by atoms with van der Waals surface area (Å²) in [7, 11) is 1.87. The standard InChI is InChI=1S/C13H15Cl2N3O2/c1-3-18(5-4-12(19)20)13-16-10-6-8(14)9(15)7-11(10)17(13)2/h6-7H,3-5H2,1-2H3,(H,19,20). The molecule has 0 atom stereocenters. The van der Waals surface area contributed by atoms with Gasteiger partial charge >= 0.3 is 5.97 Å². The number of carboxylic acid groups (broad SMARTS) is 1. The third-order valence-electron chi connectivity index (χ3n) is 3.16. The van der Waals surface area contributed by atoms with E-state index in [9.17, 15) is 4.79 Å². The van der Waals surface area contributed by atoms with Crippen LogP contribution in [0.15, 0.2) is 12.1 Å². The lowest BCUT2D eigenvalue weighted by Crippen LogP contribution is -2.28. The molecule has 5 nitrogen and oxygen atoms in total. The SMILES string of the molecule is CCN(CCC(=O)O)c1nc2cc(Cl)c(Cl)cc2n1C. The lowest BCUT2D eigenvalue weighted by Gasteiger charge is -2.20. The zero-order chi connectivity index (χ0) is 14.9. The Hall–Kier alpha value is -1.46. The zero-order valence-electron chi connectivity index (χ0n) is 11.2. The van der Waals surface area contributed by atoms with Crippen LogP contribution in [0.2, 0.25) is 10.0 Å². The van der Waals surface area contributed by atoms with Crippen LogP contribution >= 0.6 is 23.2 Å². The third kappa shape index (κ3) is 2.83. The van der Waals surface area contributed by atoms with Gasteiger partial charge in [-0.2, -0.15) is 0 Å². The molecule has 0 fully saturated rings. The Bertz CT molecular complexity index is 655. The van der Waals surface area contributed by atoms with Crippen LogP contribution in [0.3, 0.4) is 0 Å². The van der Waals surface area contributed by atoms with Crippen LogP contribution in [0, 0.1) is 0 Å². The smallest absolute Gasteiger partial charge is 0.305 e. The van der Waals surface area contributed by atoms with E-state index in [-0.39, 0.29) is 6.42 Å². The van der Waals surface area contributed by atoms with Crippen LogP contribution < -0.4 is 4.90 Å². The molecule has 0 radical (unpaired) electrons. The van der Waals surface area contributed by atoms with Gasteiger partial charge < -0.3 is 14.6 Å². The number of carbonyl (C=O) groups is 1. The predicted molar refractivity (Wildman–Crippen MR) is 80.9 cm³/mol. The number of carboxylic acids is 1. The number of rotatable bonds is 5. The molecule has 20 heavy (non-hydrogen) atoms. The predicted octanol–water partition coefficient (Wildman–Crippen LogP) is 3.18. The molecular formula is C13H15Cl2N3O2. The fourth-order valence-electron chi connectivity index (χ4n) is 2.09. The summed E-state index contributed by atoms with van der Waals surface area (Å²) in [6.07, 6.45) is 0.0680. The van der Waals surface area contributed by atoms with Crippen molar-refractivity contribution in [3.63, 3.8) is 0 Å². The van der Waals surface area contributed by atoms with E-state index >= 15 is 0 Å². The summed E-state index contributed by atoms with van der Waals surface area (Å²) < 4.78 is 1.89. The highest BCUT2D eigenvalue weighted by atomic mass is 35.5. The lowest BCUT2D eigenvalue weighted by molar-refractivity contribution is -0.136. The van der Waals surface area contributed by atoms with Crippen molar-refractivity contribution in [3.05, 3.63) is 22.2 Å². The Kier molecular flexibility index (Phi) is 4.40. The van der Waals surface area contributed by atoms with Gasteiger partial charge in [0, 0.05) is 20.1 Å². The molecule has 0 aliphatic rings. The lowest BCUT2D eigenvalue weighted by atomic mass is 10.3. The van der Waals surface area contributed by atoms with Crippen molar-refractivity contribution >= 4 is 46.2 Å². The minimum absolute atomic E-state index is 0.0680. The van der Waals surface area contributed by atoms with Gasteiger partial charge in [-0.15, -0.1) is 0 Å². The highest BCUT2D eigenvalue weighted by Gasteiger charge is 2.16. The van der Waals surface area contributed by atoms with Crippen molar-refractivity contribution in [3.8, 4) is 0 Å². The fraction of sp³-hybridized carbons (Fsp3) is 0.385. The summed E-state index contributed by atoms with van der Waals surface area (Å²) in [4.78, 5) is 17.1. The van der Waals surface area contributed by atoms with E-state index in [0.717, 1.165) is 11.0 Å². The number of halogens is 2. The first-order valence-corrected chi connectivity index (χ1v) is 6.97. The van der Waals surface area contributed by atoms with Crippen LogP contribution in [0.5, 0.6) is 0 Å². The fourth-order valence-corrected chi connectivity index (χ4v) is 2.40. The van der Waals surface area contributed by atoms with Gasteiger partial charge in [-0.1, -0.05) is 23.2 Å². The number of aryl methyl sites for hydroxylation is 1. The highest BCUT2D eigenvalue weighted by Crippen LogP contribution is 2.30.